The molecule has 0 unspecified atom stereocenters. The molecule has 1 fully saturated rings. The van der Waals surface area contributed by atoms with Crippen molar-refractivity contribution in [2.45, 2.75) is 36.3 Å². The fourth-order valence-electron chi connectivity index (χ4n) is 2.92. The Bertz CT molecular complexity index is 976. The number of ether oxygens (including phenoxy) is 1. The van der Waals surface area contributed by atoms with Crippen LogP contribution >= 0.6 is 11.8 Å². The summed E-state index contributed by atoms with van der Waals surface area (Å²) in [4.78, 5) is 3.05. The first-order chi connectivity index (χ1) is 13.7. The van der Waals surface area contributed by atoms with Crippen LogP contribution in [0.5, 0.6) is 0 Å². The third-order valence-corrected chi connectivity index (χ3v) is 5.73. The van der Waals surface area contributed by atoms with E-state index in [9.17, 15) is 28.8 Å². The molecule has 0 saturated carbocycles. The lowest BCUT2D eigenvalue weighted by atomic mass is 10.0. The number of nitrogens with zero attached hydrogens (tertiary/aromatic N) is 1. The van der Waals surface area contributed by atoms with Crippen LogP contribution in [-0.2, 0) is 25.8 Å². The largest absolute Gasteiger partial charge is 0.466 e. The minimum Gasteiger partial charge on any atom is -0.394 e. The third kappa shape index (κ3) is 5.26. The van der Waals surface area contributed by atoms with Gasteiger partial charge in [-0.2, -0.15) is 8.42 Å². The molecule has 1 aromatic carbocycles. The van der Waals surface area contributed by atoms with Crippen LogP contribution in [0.15, 0.2) is 35.6 Å². The van der Waals surface area contributed by atoms with Gasteiger partial charge in [-0.25, -0.2) is 4.28 Å². The number of oxime groups is 1. The number of aliphatic hydroxyl groups is 4. The van der Waals surface area contributed by atoms with Gasteiger partial charge < -0.3 is 30.1 Å². The summed E-state index contributed by atoms with van der Waals surface area (Å²) in [5.74, 6) is 0. The molecule has 2 heterocycles. The molecule has 13 heteroatoms. The lowest BCUT2D eigenvalue weighted by molar-refractivity contribution is -0.205. The van der Waals surface area contributed by atoms with Crippen LogP contribution in [0.25, 0.3) is 10.9 Å². The van der Waals surface area contributed by atoms with Gasteiger partial charge in [-0.1, -0.05) is 35.1 Å². The molecule has 1 aliphatic heterocycles. The molecule has 0 amide bonds. The highest BCUT2D eigenvalue weighted by atomic mass is 32.3. The number of aromatic amines is 1. The quantitative estimate of drug-likeness (QED) is 0.144. The standard InChI is InChI=1S/C16H20N2O9S2/c19-7-11-13(20)14(21)15(22)16(26-11)28-12(18-27-29(23,24)25)5-8-6-17-10-4-2-1-3-9(8)10/h1-4,6,11,13-17,19-22H,5,7H2,(H,23,24,25)/b18-12+/t11-,13-,14+,15-,16+/m1/s1. The SMILES string of the molecule is O=S(=O)(O)O/N=C(\Cc1c[nH]c2ccccc12)S[C@@H]1O[C@H](CO)[C@@H](O)[C@H](O)[C@H]1O. The second kappa shape index (κ2) is 8.97. The summed E-state index contributed by atoms with van der Waals surface area (Å²) in [5, 5.41) is 43.5. The van der Waals surface area contributed by atoms with E-state index in [1.165, 1.54) is 0 Å². The van der Waals surface area contributed by atoms with Gasteiger partial charge in [-0.3, -0.25) is 4.55 Å². The Kier molecular flexibility index (Phi) is 6.80. The van der Waals surface area contributed by atoms with Gasteiger partial charge in [0.15, 0.2) is 0 Å². The fourth-order valence-corrected chi connectivity index (χ4v) is 4.24. The number of rotatable bonds is 6. The normalized spacial score (nSPS) is 28.6. The van der Waals surface area contributed by atoms with E-state index >= 15 is 0 Å². The van der Waals surface area contributed by atoms with Crippen molar-refractivity contribution in [3.63, 3.8) is 0 Å². The van der Waals surface area contributed by atoms with Gasteiger partial charge in [-0.05, 0) is 11.6 Å². The molecule has 29 heavy (non-hydrogen) atoms. The monoisotopic (exact) mass is 448 g/mol. The summed E-state index contributed by atoms with van der Waals surface area (Å²) >= 11 is 0.727. The van der Waals surface area contributed by atoms with Gasteiger partial charge in [-0.15, -0.1) is 0 Å². The molecule has 0 spiro atoms. The van der Waals surface area contributed by atoms with Gasteiger partial charge in [0.25, 0.3) is 0 Å². The Morgan fingerprint density at radius 3 is 2.62 bits per heavy atom. The first-order valence-corrected chi connectivity index (χ1v) is 10.7. The summed E-state index contributed by atoms with van der Waals surface area (Å²) in [6.45, 7) is -0.613. The molecule has 0 aliphatic carbocycles. The van der Waals surface area contributed by atoms with Crippen molar-refractivity contribution in [2.24, 2.45) is 5.16 Å². The maximum atomic E-state index is 10.9. The summed E-state index contributed by atoms with van der Waals surface area (Å²) in [5.41, 5.74) is 0.352. The van der Waals surface area contributed by atoms with E-state index in [0.717, 1.165) is 28.2 Å². The smallest absolute Gasteiger partial charge is 0.394 e. The highest BCUT2D eigenvalue weighted by Gasteiger charge is 2.44. The van der Waals surface area contributed by atoms with Crippen LogP contribution in [0.4, 0.5) is 0 Å². The van der Waals surface area contributed by atoms with Crippen LogP contribution in [0, 0.1) is 0 Å². The molecule has 1 aromatic heterocycles. The molecule has 5 atom stereocenters. The van der Waals surface area contributed by atoms with Crippen LogP contribution in [0.1, 0.15) is 5.56 Å². The minimum absolute atomic E-state index is 0.00305. The van der Waals surface area contributed by atoms with Crippen LogP contribution in [0.2, 0.25) is 0 Å². The molecule has 1 saturated heterocycles. The summed E-state index contributed by atoms with van der Waals surface area (Å²) in [6, 6.07) is 7.33. The van der Waals surface area contributed by atoms with Crippen LogP contribution in [0.3, 0.4) is 0 Å². The maximum absolute atomic E-state index is 10.9. The van der Waals surface area contributed by atoms with E-state index in [1.54, 1.807) is 6.20 Å². The topological polar surface area (TPSA) is 182 Å². The van der Waals surface area contributed by atoms with E-state index in [0.29, 0.717) is 0 Å². The Labute approximate surface area is 169 Å². The van der Waals surface area contributed by atoms with Crippen LogP contribution in [-0.4, -0.2) is 79.9 Å². The average molecular weight is 448 g/mol. The summed E-state index contributed by atoms with van der Waals surface area (Å²) in [6.07, 6.45) is -4.11. The molecule has 0 bridgehead atoms. The Balaban J connectivity index is 1.85. The Hall–Kier alpha value is -1.71. The Morgan fingerprint density at radius 2 is 1.93 bits per heavy atom. The molecule has 2 aromatic rings. The summed E-state index contributed by atoms with van der Waals surface area (Å²) in [7, 11) is -4.87. The number of aliphatic hydroxyl groups excluding tert-OH is 4. The van der Waals surface area contributed by atoms with Gasteiger partial charge in [0.1, 0.15) is 34.9 Å². The van der Waals surface area contributed by atoms with Crippen molar-refractivity contribution in [3.05, 3.63) is 36.0 Å². The zero-order chi connectivity index (χ0) is 21.2. The molecular weight excluding hydrogens is 428 g/mol. The van der Waals surface area contributed by atoms with E-state index in [1.807, 2.05) is 24.3 Å². The molecule has 0 radical (unpaired) electrons. The number of hydrogen-bond acceptors (Lipinski definition) is 10. The van der Waals surface area contributed by atoms with E-state index in [-0.39, 0.29) is 11.5 Å². The number of H-pyrrole nitrogens is 1. The molecule has 11 nitrogen and oxygen atoms in total. The lowest BCUT2D eigenvalue weighted by Crippen LogP contribution is -2.57. The first kappa shape index (κ1) is 22.0. The van der Waals surface area contributed by atoms with Gasteiger partial charge in [0.2, 0.25) is 0 Å². The molecular formula is C16H20N2O9S2. The average Bonchev–Trinajstić information content (AvgIpc) is 3.08. The van der Waals surface area contributed by atoms with Crippen molar-refractivity contribution < 1.29 is 42.4 Å². The van der Waals surface area contributed by atoms with E-state index < -0.39 is 46.9 Å². The number of thioether (sulfide) groups is 1. The van der Waals surface area contributed by atoms with Gasteiger partial charge in [0.05, 0.1) is 6.61 Å². The molecule has 3 rings (SSSR count). The second-order valence-electron chi connectivity index (χ2n) is 6.34. The number of benzene rings is 1. The first-order valence-electron chi connectivity index (χ1n) is 8.44. The maximum Gasteiger partial charge on any atom is 0.466 e. The number of para-hydroxylation sites is 1. The van der Waals surface area contributed by atoms with Crippen molar-refractivity contribution in [2.75, 3.05) is 6.61 Å². The van der Waals surface area contributed by atoms with Crippen LogP contribution < -0.4 is 0 Å². The number of nitrogens with one attached hydrogen (secondary N) is 1. The highest BCUT2D eigenvalue weighted by molar-refractivity contribution is 8.14. The molecule has 1 aliphatic rings. The van der Waals surface area contributed by atoms with Crippen molar-refractivity contribution in [1.82, 2.24) is 4.98 Å². The third-order valence-electron chi connectivity index (χ3n) is 4.35. The van der Waals surface area contributed by atoms with Crippen molar-refractivity contribution >= 4 is 38.1 Å². The fraction of sp³-hybridized carbons (Fsp3) is 0.438. The zero-order valence-electron chi connectivity index (χ0n) is 14.8. The molecule has 160 valence electrons. The highest BCUT2D eigenvalue weighted by Crippen LogP contribution is 2.31. The molecule has 6 N–H and O–H groups in total. The Morgan fingerprint density at radius 1 is 1.21 bits per heavy atom. The van der Waals surface area contributed by atoms with Crippen molar-refractivity contribution in [1.29, 1.82) is 0 Å². The second-order valence-corrected chi connectivity index (χ2v) is 8.51. The van der Waals surface area contributed by atoms with Crippen molar-refractivity contribution in [3.8, 4) is 0 Å². The van der Waals surface area contributed by atoms with E-state index in [4.69, 9.17) is 9.29 Å². The van der Waals surface area contributed by atoms with Gasteiger partial charge >= 0.3 is 10.4 Å². The number of fused-ring (bicyclic) bond motifs is 1. The number of aromatic nitrogens is 1. The predicted molar refractivity (Wildman–Crippen MR) is 103 cm³/mol. The summed E-state index contributed by atoms with van der Waals surface area (Å²) < 4.78 is 40.2. The lowest BCUT2D eigenvalue weighted by Gasteiger charge is -2.39. The minimum atomic E-state index is -4.87. The predicted octanol–water partition coefficient (Wildman–Crippen LogP) is -0.624. The van der Waals surface area contributed by atoms with Gasteiger partial charge in [0, 0.05) is 23.5 Å². The zero-order valence-corrected chi connectivity index (χ0v) is 16.5. The number of hydrogen-bond donors (Lipinski definition) is 6. The van der Waals surface area contributed by atoms with E-state index in [2.05, 4.69) is 14.4 Å².